The minimum absolute atomic E-state index is 0.133. The van der Waals surface area contributed by atoms with Crippen LogP contribution in [0.2, 0.25) is 0 Å². The number of rotatable bonds is 3. The lowest BCUT2D eigenvalue weighted by Crippen LogP contribution is -2.38. The number of ether oxygens (including phenoxy) is 1. The largest absolute Gasteiger partial charge is 0.489 e. The summed E-state index contributed by atoms with van der Waals surface area (Å²) in [5.41, 5.74) is 1.72. The van der Waals surface area contributed by atoms with Gasteiger partial charge in [-0.25, -0.2) is 8.42 Å². The van der Waals surface area contributed by atoms with Gasteiger partial charge in [-0.2, -0.15) is 5.10 Å². The lowest BCUT2D eigenvalue weighted by atomic mass is 10.1. The highest BCUT2D eigenvalue weighted by atomic mass is 32.2. The average Bonchev–Trinajstić information content (AvgIpc) is 2.85. The number of H-pyrrole nitrogens is 1. The van der Waals surface area contributed by atoms with Gasteiger partial charge in [0.15, 0.2) is 5.78 Å². The number of sulfonamides is 1. The summed E-state index contributed by atoms with van der Waals surface area (Å²) in [6, 6.07) is 4.81. The first-order chi connectivity index (χ1) is 10.8. The van der Waals surface area contributed by atoms with Crippen molar-refractivity contribution in [2.24, 2.45) is 0 Å². The number of carbonyl (C=O) groups excluding carboxylic acids is 1. The first-order valence-electron chi connectivity index (χ1n) is 7.14. The van der Waals surface area contributed by atoms with Crippen molar-refractivity contribution < 1.29 is 17.9 Å². The summed E-state index contributed by atoms with van der Waals surface area (Å²) in [6.45, 7) is 5.18. The molecule has 1 aromatic heterocycles. The zero-order valence-electron chi connectivity index (χ0n) is 13.1. The van der Waals surface area contributed by atoms with E-state index in [0.29, 0.717) is 28.4 Å². The number of nitrogens with one attached hydrogen (secondary N) is 1. The molecular formula is C15H17N3O4S. The molecule has 1 aliphatic rings. The van der Waals surface area contributed by atoms with E-state index in [-0.39, 0.29) is 23.8 Å². The summed E-state index contributed by atoms with van der Waals surface area (Å²) < 4.78 is 32.9. The number of fused-ring (bicyclic) bond motifs is 1. The van der Waals surface area contributed by atoms with Crippen LogP contribution in [0.5, 0.6) is 5.75 Å². The molecule has 0 radical (unpaired) electrons. The van der Waals surface area contributed by atoms with Gasteiger partial charge in [-0.1, -0.05) is 0 Å². The maximum atomic E-state index is 13.1. The molecule has 2 heterocycles. The van der Waals surface area contributed by atoms with Crippen LogP contribution >= 0.6 is 0 Å². The van der Waals surface area contributed by atoms with Crippen molar-refractivity contribution >= 4 is 21.5 Å². The fraction of sp³-hybridized carbons (Fsp3) is 0.333. The zero-order valence-corrected chi connectivity index (χ0v) is 13.9. The van der Waals surface area contributed by atoms with Gasteiger partial charge in [0.1, 0.15) is 17.3 Å². The number of hydrogen-bond acceptors (Lipinski definition) is 5. The Bertz CT molecular complexity index is 867. The molecule has 0 atom stereocenters. The predicted octanol–water partition coefficient (Wildman–Crippen LogP) is 1.82. The van der Waals surface area contributed by atoms with Gasteiger partial charge in [-0.05, 0) is 39.0 Å². The second kappa shape index (κ2) is 5.38. The van der Waals surface area contributed by atoms with Crippen molar-refractivity contribution in [1.82, 2.24) is 10.2 Å². The van der Waals surface area contributed by atoms with Gasteiger partial charge in [-0.3, -0.25) is 14.2 Å². The lowest BCUT2D eigenvalue weighted by Gasteiger charge is -2.30. The van der Waals surface area contributed by atoms with Gasteiger partial charge >= 0.3 is 0 Å². The Balaban J connectivity index is 2.16. The molecule has 0 saturated heterocycles. The van der Waals surface area contributed by atoms with E-state index < -0.39 is 10.0 Å². The molecule has 0 saturated carbocycles. The highest BCUT2D eigenvalue weighted by molar-refractivity contribution is 7.93. The number of ketones is 1. The van der Waals surface area contributed by atoms with Crippen LogP contribution in [-0.4, -0.2) is 37.6 Å². The third-order valence-corrected chi connectivity index (χ3v) is 5.87. The Morgan fingerprint density at radius 2 is 2.09 bits per heavy atom. The van der Waals surface area contributed by atoms with Crippen LogP contribution in [0.15, 0.2) is 23.1 Å². The Labute approximate surface area is 134 Å². The molecule has 0 bridgehead atoms. The second-order valence-corrected chi connectivity index (χ2v) is 7.23. The number of carbonyl (C=O) groups is 1. The normalized spacial score (nSPS) is 14.3. The lowest BCUT2D eigenvalue weighted by molar-refractivity contribution is 0.101. The van der Waals surface area contributed by atoms with Gasteiger partial charge in [-0.15, -0.1) is 0 Å². The Hall–Kier alpha value is -2.35. The molecule has 2 aromatic rings. The van der Waals surface area contributed by atoms with Crippen LogP contribution in [0.1, 0.15) is 28.7 Å². The van der Waals surface area contributed by atoms with E-state index in [1.54, 1.807) is 32.0 Å². The third-order valence-electron chi connectivity index (χ3n) is 3.79. The van der Waals surface area contributed by atoms with E-state index in [1.165, 1.54) is 11.2 Å². The standard InChI is InChI=1S/C15H17N3O4S/c1-9-15(10(2)17-16-9)23(20,21)18-6-7-22-14-5-4-12(11(3)19)8-13(14)18/h4-5,8H,6-7H2,1-3H3,(H,16,17). The van der Waals surface area contributed by atoms with Crippen molar-refractivity contribution in [2.45, 2.75) is 25.7 Å². The van der Waals surface area contributed by atoms with Crippen molar-refractivity contribution in [2.75, 3.05) is 17.5 Å². The molecule has 1 N–H and O–H groups in total. The first kappa shape index (κ1) is 15.5. The fourth-order valence-corrected chi connectivity index (χ4v) is 4.48. The molecule has 122 valence electrons. The molecule has 0 fully saturated rings. The Morgan fingerprint density at radius 1 is 1.35 bits per heavy atom. The minimum atomic E-state index is -3.79. The number of aromatic nitrogens is 2. The molecule has 23 heavy (non-hydrogen) atoms. The number of Topliss-reactive ketones (excluding diaryl/α,β-unsaturated/α-hetero) is 1. The average molecular weight is 335 g/mol. The summed E-state index contributed by atoms with van der Waals surface area (Å²) in [7, 11) is -3.79. The number of aromatic amines is 1. The summed E-state index contributed by atoms with van der Waals surface area (Å²) in [5, 5.41) is 6.66. The summed E-state index contributed by atoms with van der Waals surface area (Å²) in [4.78, 5) is 11.8. The molecule has 0 spiro atoms. The first-order valence-corrected chi connectivity index (χ1v) is 8.58. The number of nitrogens with zero attached hydrogens (tertiary/aromatic N) is 2. The smallest absolute Gasteiger partial charge is 0.268 e. The molecule has 1 aromatic carbocycles. The maximum Gasteiger partial charge on any atom is 0.268 e. The quantitative estimate of drug-likeness (QED) is 0.864. The Kier molecular flexibility index (Phi) is 3.63. The van der Waals surface area contributed by atoms with E-state index in [2.05, 4.69) is 10.2 Å². The third kappa shape index (κ3) is 2.48. The van der Waals surface area contributed by atoms with Crippen molar-refractivity contribution in [1.29, 1.82) is 0 Å². The van der Waals surface area contributed by atoms with Gasteiger partial charge in [0.05, 0.1) is 23.6 Å². The SMILES string of the molecule is CC(=O)c1ccc2c(c1)N(S(=O)(=O)c1c(C)n[nH]c1C)CCO2. The zero-order chi connectivity index (χ0) is 16.8. The number of hydrogen-bond donors (Lipinski definition) is 1. The fourth-order valence-electron chi connectivity index (χ4n) is 2.69. The predicted molar refractivity (Wildman–Crippen MR) is 84.5 cm³/mol. The molecule has 8 heteroatoms. The second-order valence-electron chi connectivity index (χ2n) is 5.43. The number of anilines is 1. The van der Waals surface area contributed by atoms with E-state index in [9.17, 15) is 13.2 Å². The minimum Gasteiger partial charge on any atom is -0.489 e. The van der Waals surface area contributed by atoms with Gasteiger partial charge in [0.25, 0.3) is 10.0 Å². The number of benzene rings is 1. The molecule has 0 unspecified atom stereocenters. The molecule has 7 nitrogen and oxygen atoms in total. The van der Waals surface area contributed by atoms with Gasteiger partial charge < -0.3 is 4.74 Å². The van der Waals surface area contributed by atoms with E-state index in [1.807, 2.05) is 0 Å². The Morgan fingerprint density at radius 3 is 2.70 bits per heavy atom. The van der Waals surface area contributed by atoms with Gasteiger partial charge in [0.2, 0.25) is 0 Å². The van der Waals surface area contributed by atoms with Crippen LogP contribution in [0, 0.1) is 13.8 Å². The van der Waals surface area contributed by atoms with Gasteiger partial charge in [0, 0.05) is 5.56 Å². The van der Waals surface area contributed by atoms with Crippen molar-refractivity contribution in [3.8, 4) is 5.75 Å². The van der Waals surface area contributed by atoms with E-state index >= 15 is 0 Å². The molecule has 0 aliphatic carbocycles. The monoisotopic (exact) mass is 335 g/mol. The van der Waals surface area contributed by atoms with Crippen LogP contribution in [-0.2, 0) is 10.0 Å². The van der Waals surface area contributed by atoms with Crippen LogP contribution < -0.4 is 9.04 Å². The molecule has 3 rings (SSSR count). The summed E-state index contributed by atoms with van der Waals surface area (Å²) in [5.74, 6) is 0.315. The summed E-state index contributed by atoms with van der Waals surface area (Å²) in [6.07, 6.45) is 0. The van der Waals surface area contributed by atoms with E-state index in [0.717, 1.165) is 0 Å². The number of aryl methyl sites for hydroxylation is 2. The van der Waals surface area contributed by atoms with Crippen LogP contribution in [0.3, 0.4) is 0 Å². The molecular weight excluding hydrogens is 318 g/mol. The van der Waals surface area contributed by atoms with Crippen LogP contribution in [0.25, 0.3) is 0 Å². The summed E-state index contributed by atoms with van der Waals surface area (Å²) >= 11 is 0. The van der Waals surface area contributed by atoms with Crippen LogP contribution in [0.4, 0.5) is 5.69 Å². The topological polar surface area (TPSA) is 92.4 Å². The molecule has 1 aliphatic heterocycles. The molecule has 0 amide bonds. The van der Waals surface area contributed by atoms with E-state index in [4.69, 9.17) is 4.74 Å². The highest BCUT2D eigenvalue weighted by Crippen LogP contribution is 2.37. The highest BCUT2D eigenvalue weighted by Gasteiger charge is 2.34. The van der Waals surface area contributed by atoms with Crippen molar-refractivity contribution in [3.05, 3.63) is 35.2 Å². The maximum absolute atomic E-state index is 13.1. The van der Waals surface area contributed by atoms with Crippen molar-refractivity contribution in [3.63, 3.8) is 0 Å².